The maximum atomic E-state index is 6.57. The number of nitrogens with zero attached hydrogens (tertiary/aromatic N) is 3. The summed E-state index contributed by atoms with van der Waals surface area (Å²) in [5, 5.41) is 6.86. The van der Waals surface area contributed by atoms with Crippen molar-refractivity contribution in [1.29, 1.82) is 0 Å². The van der Waals surface area contributed by atoms with Crippen LogP contribution in [0.4, 0.5) is 0 Å². The van der Waals surface area contributed by atoms with E-state index in [4.69, 9.17) is 23.8 Å². The van der Waals surface area contributed by atoms with E-state index in [9.17, 15) is 0 Å². The van der Waals surface area contributed by atoms with Crippen molar-refractivity contribution >= 4 is 54.6 Å². The number of rotatable bonds is 3. The Morgan fingerprint density at radius 2 is 0.966 bits per heavy atom. The zero-order chi connectivity index (χ0) is 37.7. The van der Waals surface area contributed by atoms with Crippen LogP contribution in [0, 0.1) is 23.7 Å². The minimum absolute atomic E-state index is 0.0595. The van der Waals surface area contributed by atoms with E-state index >= 15 is 0 Å². The van der Waals surface area contributed by atoms with E-state index in [0.29, 0.717) is 29.3 Å². The summed E-state index contributed by atoms with van der Waals surface area (Å²) in [4.78, 5) is 16.0. The summed E-state index contributed by atoms with van der Waals surface area (Å²) in [6, 6.07) is 49.9. The lowest BCUT2D eigenvalue weighted by atomic mass is 9.43. The Morgan fingerprint density at radius 3 is 1.60 bits per heavy atom. The van der Waals surface area contributed by atoms with Crippen molar-refractivity contribution in [3.63, 3.8) is 0 Å². The van der Waals surface area contributed by atoms with Crippen LogP contribution in [0.5, 0.6) is 0 Å². The molecule has 0 radical (unpaired) electrons. The molecule has 0 atom stereocenters. The van der Waals surface area contributed by atoms with E-state index in [2.05, 4.69) is 115 Å². The summed E-state index contributed by atoms with van der Waals surface area (Å²) in [5.74, 6) is 4.91. The second-order valence-electron chi connectivity index (χ2n) is 17.5. The topological polar surface area (TPSA) is 65.0 Å². The maximum Gasteiger partial charge on any atom is 0.167 e. The summed E-state index contributed by atoms with van der Waals surface area (Å²) in [6.07, 6.45) is 6.83. The molecule has 5 aliphatic carbocycles. The molecule has 5 nitrogen and oxygen atoms in total. The molecule has 3 aromatic heterocycles. The molecule has 0 saturated heterocycles. The van der Waals surface area contributed by atoms with E-state index in [1.54, 1.807) is 5.56 Å². The van der Waals surface area contributed by atoms with Crippen LogP contribution in [0.15, 0.2) is 148 Å². The zero-order valence-electron chi connectivity index (χ0n) is 31.8. The highest BCUT2D eigenvalue weighted by Gasteiger charge is 2.61. The van der Waals surface area contributed by atoms with Crippen LogP contribution < -0.4 is 0 Å². The fourth-order valence-electron chi connectivity index (χ4n) is 12.7. The predicted octanol–water partition coefficient (Wildman–Crippen LogP) is 13.5. The van der Waals surface area contributed by atoms with Crippen molar-refractivity contribution in [2.24, 2.45) is 23.7 Å². The van der Waals surface area contributed by atoms with Crippen LogP contribution in [0.3, 0.4) is 0 Å². The molecule has 0 N–H and O–H groups in total. The van der Waals surface area contributed by atoms with Crippen LogP contribution in [-0.2, 0) is 5.41 Å². The largest absolute Gasteiger partial charge is 0.455 e. The van der Waals surface area contributed by atoms with Crippen molar-refractivity contribution in [3.8, 4) is 45.3 Å². The Labute approximate surface area is 334 Å². The molecule has 58 heavy (non-hydrogen) atoms. The molecule has 0 unspecified atom stereocenters. The van der Waals surface area contributed by atoms with Crippen molar-refractivity contribution in [2.75, 3.05) is 0 Å². The summed E-state index contributed by atoms with van der Waals surface area (Å²) < 4.78 is 13.1. The third-order valence-corrected chi connectivity index (χ3v) is 14.7. The molecule has 4 fully saturated rings. The van der Waals surface area contributed by atoms with Gasteiger partial charge in [-0.25, -0.2) is 15.0 Å². The van der Waals surface area contributed by atoms with Gasteiger partial charge in [-0.05, 0) is 119 Å². The molecule has 4 saturated carbocycles. The van der Waals surface area contributed by atoms with Gasteiger partial charge in [-0.1, -0.05) is 109 Å². The van der Waals surface area contributed by atoms with Crippen LogP contribution >= 0.6 is 0 Å². The first-order valence-corrected chi connectivity index (χ1v) is 20.9. The number of fused-ring (bicyclic) bond motifs is 11. The molecule has 276 valence electrons. The van der Waals surface area contributed by atoms with Crippen molar-refractivity contribution in [3.05, 3.63) is 151 Å². The van der Waals surface area contributed by atoms with E-state index in [1.807, 2.05) is 24.3 Å². The highest BCUT2D eigenvalue weighted by molar-refractivity contribution is 6.11. The van der Waals surface area contributed by atoms with Gasteiger partial charge in [0.25, 0.3) is 0 Å². The molecule has 4 bridgehead atoms. The van der Waals surface area contributed by atoms with Crippen molar-refractivity contribution in [2.45, 2.75) is 37.5 Å². The van der Waals surface area contributed by atoms with Gasteiger partial charge in [-0.3, -0.25) is 0 Å². The van der Waals surface area contributed by atoms with Gasteiger partial charge in [0, 0.05) is 32.5 Å². The molecule has 15 rings (SSSR count). The Kier molecular flexibility index (Phi) is 6.13. The first kappa shape index (κ1) is 31.5. The smallest absolute Gasteiger partial charge is 0.167 e. The molecule has 0 aliphatic heterocycles. The monoisotopic (exact) mass is 747 g/mol. The number of para-hydroxylation sites is 4. The lowest BCUT2D eigenvalue weighted by Crippen LogP contribution is -2.55. The molecular formula is C53H37N3O2. The predicted molar refractivity (Wildman–Crippen MR) is 231 cm³/mol. The lowest BCUT2D eigenvalue weighted by molar-refractivity contribution is -0.0399. The molecule has 5 aliphatic rings. The van der Waals surface area contributed by atoms with Crippen LogP contribution in [0.25, 0.3) is 99.9 Å². The molecule has 7 aromatic carbocycles. The van der Waals surface area contributed by atoms with Gasteiger partial charge >= 0.3 is 0 Å². The minimum Gasteiger partial charge on any atom is -0.455 e. The number of benzene rings is 7. The normalized spacial score (nSPS) is 22.9. The average molecular weight is 748 g/mol. The first-order valence-electron chi connectivity index (χ1n) is 20.9. The second kappa shape index (κ2) is 11.3. The van der Waals surface area contributed by atoms with Crippen molar-refractivity contribution in [1.82, 2.24) is 15.0 Å². The lowest BCUT2D eigenvalue weighted by Gasteiger charge is -2.61. The standard InChI is InChI=1S/C53H37N3O2/c1-2-10-35-31(9-1)19-22-44-47(35)42-28-32(20-21-43(42)53(44)33-24-29-23-30(26-33)27-34(53)25-29)50-54-51(40-15-7-13-38-36-11-3-5-17-45(36)57-48(38)40)56-52(55-50)41-16-8-14-39-37-12-4-6-18-46(37)58-49(39)41/h1-22,28-30,33-34H,23-27H2. The highest BCUT2D eigenvalue weighted by atomic mass is 16.3. The van der Waals surface area contributed by atoms with Gasteiger partial charge in [0.2, 0.25) is 0 Å². The van der Waals surface area contributed by atoms with E-state index in [1.165, 1.54) is 59.6 Å². The van der Waals surface area contributed by atoms with Crippen LogP contribution in [0.2, 0.25) is 0 Å². The Morgan fingerprint density at radius 1 is 0.431 bits per heavy atom. The summed E-state index contributed by atoms with van der Waals surface area (Å²) in [7, 11) is 0. The van der Waals surface area contributed by atoms with Gasteiger partial charge in [0.1, 0.15) is 22.3 Å². The van der Waals surface area contributed by atoms with Gasteiger partial charge in [0.05, 0.1) is 11.1 Å². The van der Waals surface area contributed by atoms with E-state index < -0.39 is 0 Å². The van der Waals surface area contributed by atoms with Gasteiger partial charge < -0.3 is 8.83 Å². The summed E-state index contributed by atoms with van der Waals surface area (Å²) in [6.45, 7) is 0. The summed E-state index contributed by atoms with van der Waals surface area (Å²) >= 11 is 0. The molecular weight excluding hydrogens is 711 g/mol. The van der Waals surface area contributed by atoms with Crippen LogP contribution in [-0.4, -0.2) is 15.0 Å². The fourth-order valence-corrected chi connectivity index (χ4v) is 12.7. The maximum absolute atomic E-state index is 6.57. The van der Waals surface area contributed by atoms with Crippen molar-refractivity contribution < 1.29 is 8.83 Å². The third-order valence-electron chi connectivity index (χ3n) is 14.7. The zero-order valence-corrected chi connectivity index (χ0v) is 31.8. The molecule has 5 heteroatoms. The van der Waals surface area contributed by atoms with Crippen LogP contribution in [0.1, 0.15) is 43.2 Å². The number of aromatic nitrogens is 3. The molecule has 10 aromatic rings. The Bertz CT molecular complexity index is 3230. The highest BCUT2D eigenvalue weighted by Crippen LogP contribution is 2.70. The number of hydrogen-bond acceptors (Lipinski definition) is 5. The minimum atomic E-state index is 0.0595. The Hall–Kier alpha value is -6.59. The quantitative estimate of drug-likeness (QED) is 0.180. The van der Waals surface area contributed by atoms with E-state index in [0.717, 1.165) is 72.4 Å². The first-order chi connectivity index (χ1) is 28.7. The fraction of sp³-hybridized carbons (Fsp3) is 0.189. The number of furan rings is 2. The Balaban J connectivity index is 1.03. The molecule has 3 heterocycles. The molecule has 0 amide bonds. The van der Waals surface area contributed by atoms with Gasteiger partial charge in [0.15, 0.2) is 17.5 Å². The van der Waals surface area contributed by atoms with Gasteiger partial charge in [-0.15, -0.1) is 0 Å². The number of hydrogen-bond donors (Lipinski definition) is 0. The SMILES string of the molecule is c1ccc2c3c(ccc2c1)C1(c2ccc(-c4nc(-c5cccc6c5oc5ccccc56)nc(-c5cccc6c5oc5ccccc56)n4)cc2-3)C2CC3CC(C2)CC1C3. The average Bonchev–Trinajstić information content (AvgIpc) is 3.93. The van der Waals surface area contributed by atoms with E-state index in [-0.39, 0.29) is 5.41 Å². The summed E-state index contributed by atoms with van der Waals surface area (Å²) in [5.41, 5.74) is 11.8. The third kappa shape index (κ3) is 4.08. The van der Waals surface area contributed by atoms with Gasteiger partial charge in [-0.2, -0.15) is 0 Å². The molecule has 1 spiro atoms. The second-order valence-corrected chi connectivity index (χ2v) is 17.5.